The lowest BCUT2D eigenvalue weighted by molar-refractivity contribution is 0.350. The number of nitrogens with one attached hydrogen (secondary N) is 1. The number of fused-ring (bicyclic) bond motifs is 2. The topological polar surface area (TPSA) is 30.5 Å². The van der Waals surface area contributed by atoms with Crippen molar-refractivity contribution >= 4 is 5.57 Å². The quantitative estimate of drug-likeness (QED) is 0.933. The molecule has 3 nitrogen and oxygen atoms in total. The zero-order valence-corrected chi connectivity index (χ0v) is 14.3. The van der Waals surface area contributed by atoms with Crippen molar-refractivity contribution in [3.05, 3.63) is 64.7 Å². The van der Waals surface area contributed by atoms with Gasteiger partial charge in [0.25, 0.3) is 0 Å². The Bertz CT molecular complexity index is 780. The Morgan fingerprint density at radius 2 is 1.83 bits per heavy atom. The molecular formula is C21H23NO2. The van der Waals surface area contributed by atoms with Gasteiger partial charge in [0.05, 0.1) is 14.2 Å². The highest BCUT2D eigenvalue weighted by Gasteiger charge is 2.32. The van der Waals surface area contributed by atoms with Crippen LogP contribution >= 0.6 is 0 Å². The summed E-state index contributed by atoms with van der Waals surface area (Å²) in [6, 6.07) is 15.1. The predicted octanol–water partition coefficient (Wildman–Crippen LogP) is 3.79. The maximum atomic E-state index is 5.73. The molecule has 4 rings (SSSR count). The van der Waals surface area contributed by atoms with E-state index in [1.54, 1.807) is 19.8 Å². The fraction of sp³-hybridized carbons (Fsp3) is 0.333. The monoisotopic (exact) mass is 321 g/mol. The molecule has 1 unspecified atom stereocenters. The van der Waals surface area contributed by atoms with E-state index < -0.39 is 0 Å². The summed E-state index contributed by atoms with van der Waals surface area (Å²) in [6.45, 7) is 1.99. The van der Waals surface area contributed by atoms with Gasteiger partial charge in [0.1, 0.15) is 0 Å². The van der Waals surface area contributed by atoms with Crippen molar-refractivity contribution in [2.24, 2.45) is 0 Å². The lowest BCUT2D eigenvalue weighted by Gasteiger charge is -2.35. The van der Waals surface area contributed by atoms with E-state index in [0.717, 1.165) is 37.4 Å². The number of rotatable bonds is 3. The van der Waals surface area contributed by atoms with Gasteiger partial charge in [-0.15, -0.1) is 0 Å². The summed E-state index contributed by atoms with van der Waals surface area (Å²) >= 11 is 0. The summed E-state index contributed by atoms with van der Waals surface area (Å²) in [5.41, 5.74) is 7.01. The molecule has 0 amide bonds. The first-order valence-corrected chi connectivity index (χ1v) is 8.55. The van der Waals surface area contributed by atoms with E-state index in [2.05, 4.69) is 41.7 Å². The van der Waals surface area contributed by atoms with Crippen LogP contribution in [0.3, 0.4) is 0 Å². The summed E-state index contributed by atoms with van der Waals surface area (Å²) in [5.74, 6) is 2.13. The van der Waals surface area contributed by atoms with E-state index in [4.69, 9.17) is 9.47 Å². The number of methoxy groups -OCH3 is 2. The molecule has 3 heteroatoms. The minimum Gasteiger partial charge on any atom is -0.493 e. The SMILES string of the molecule is COc1ccc2c(c1OC)CC(c1ccccc1)C1=C2CNCC1. The Labute approximate surface area is 143 Å². The largest absolute Gasteiger partial charge is 0.493 e. The first-order valence-electron chi connectivity index (χ1n) is 8.55. The van der Waals surface area contributed by atoms with Gasteiger partial charge in [-0.25, -0.2) is 0 Å². The Balaban J connectivity index is 1.91. The molecule has 2 aromatic carbocycles. The van der Waals surface area contributed by atoms with Gasteiger partial charge in [-0.1, -0.05) is 42.0 Å². The highest BCUT2D eigenvalue weighted by molar-refractivity contribution is 5.79. The second-order valence-corrected chi connectivity index (χ2v) is 6.43. The lowest BCUT2D eigenvalue weighted by Crippen LogP contribution is -2.30. The molecule has 2 aliphatic rings. The molecule has 1 atom stereocenters. The third-order valence-corrected chi connectivity index (χ3v) is 5.26. The van der Waals surface area contributed by atoms with Gasteiger partial charge >= 0.3 is 0 Å². The summed E-state index contributed by atoms with van der Waals surface area (Å²) < 4.78 is 11.3. The highest BCUT2D eigenvalue weighted by atomic mass is 16.5. The van der Waals surface area contributed by atoms with Gasteiger partial charge in [-0.05, 0) is 42.2 Å². The van der Waals surface area contributed by atoms with Crippen LogP contribution in [-0.4, -0.2) is 27.3 Å². The number of hydrogen-bond acceptors (Lipinski definition) is 3. The van der Waals surface area contributed by atoms with E-state index in [1.165, 1.54) is 22.3 Å². The Morgan fingerprint density at radius 3 is 2.58 bits per heavy atom. The number of ether oxygens (including phenoxy) is 2. The fourth-order valence-corrected chi connectivity index (χ4v) is 4.16. The van der Waals surface area contributed by atoms with Crippen LogP contribution in [0, 0.1) is 0 Å². The van der Waals surface area contributed by atoms with Crippen LogP contribution in [0.5, 0.6) is 11.5 Å². The zero-order chi connectivity index (χ0) is 16.5. The Hall–Kier alpha value is -2.26. The van der Waals surface area contributed by atoms with Crippen molar-refractivity contribution in [2.75, 3.05) is 27.3 Å². The van der Waals surface area contributed by atoms with Crippen LogP contribution in [0.2, 0.25) is 0 Å². The minimum atomic E-state index is 0.428. The van der Waals surface area contributed by atoms with Crippen molar-refractivity contribution in [1.29, 1.82) is 0 Å². The van der Waals surface area contributed by atoms with Gasteiger partial charge in [0, 0.05) is 18.0 Å². The van der Waals surface area contributed by atoms with E-state index in [0.29, 0.717) is 5.92 Å². The average Bonchev–Trinajstić information content (AvgIpc) is 2.66. The van der Waals surface area contributed by atoms with Crippen molar-refractivity contribution in [2.45, 2.75) is 18.8 Å². The number of hydrogen-bond donors (Lipinski definition) is 1. The maximum Gasteiger partial charge on any atom is 0.164 e. The van der Waals surface area contributed by atoms with Gasteiger partial charge in [0.15, 0.2) is 11.5 Å². The molecule has 0 saturated carbocycles. The van der Waals surface area contributed by atoms with Crippen molar-refractivity contribution in [3.63, 3.8) is 0 Å². The maximum absolute atomic E-state index is 5.73. The van der Waals surface area contributed by atoms with Crippen LogP contribution in [0.4, 0.5) is 0 Å². The molecular weight excluding hydrogens is 298 g/mol. The van der Waals surface area contributed by atoms with Crippen LogP contribution < -0.4 is 14.8 Å². The molecule has 1 N–H and O–H groups in total. The summed E-state index contributed by atoms with van der Waals surface area (Å²) in [7, 11) is 3.44. The first kappa shape index (κ1) is 15.3. The molecule has 0 radical (unpaired) electrons. The van der Waals surface area contributed by atoms with E-state index in [9.17, 15) is 0 Å². The van der Waals surface area contributed by atoms with E-state index in [1.807, 2.05) is 6.07 Å². The molecule has 0 aromatic heterocycles. The first-order chi connectivity index (χ1) is 11.8. The molecule has 0 saturated heterocycles. The van der Waals surface area contributed by atoms with Crippen molar-refractivity contribution < 1.29 is 9.47 Å². The van der Waals surface area contributed by atoms with Crippen LogP contribution in [0.15, 0.2) is 48.0 Å². The average molecular weight is 321 g/mol. The molecule has 24 heavy (non-hydrogen) atoms. The third kappa shape index (κ3) is 2.40. The summed E-state index contributed by atoms with van der Waals surface area (Å²) in [6.07, 6.45) is 2.08. The standard InChI is InChI=1S/C21H23NO2/c1-23-20-9-8-15-18(21(20)24-2)12-17(14-6-4-3-5-7-14)16-10-11-22-13-19(15)16/h3-9,17,22H,10-13H2,1-2H3. The minimum absolute atomic E-state index is 0.428. The molecule has 0 bridgehead atoms. The van der Waals surface area contributed by atoms with Crippen LogP contribution in [0.25, 0.3) is 5.57 Å². The Morgan fingerprint density at radius 1 is 1.00 bits per heavy atom. The Kier molecular flexibility index (Phi) is 4.03. The van der Waals surface area contributed by atoms with Gasteiger partial charge in [-0.2, -0.15) is 0 Å². The van der Waals surface area contributed by atoms with Gasteiger partial charge in [-0.3, -0.25) is 0 Å². The molecule has 124 valence electrons. The zero-order valence-electron chi connectivity index (χ0n) is 14.3. The summed E-state index contributed by atoms with van der Waals surface area (Å²) in [5, 5.41) is 3.53. The number of benzene rings is 2. The van der Waals surface area contributed by atoms with Crippen LogP contribution in [0.1, 0.15) is 29.0 Å². The molecule has 1 aliphatic heterocycles. The molecule has 0 fully saturated rings. The lowest BCUT2D eigenvalue weighted by atomic mass is 9.73. The molecule has 1 heterocycles. The van der Waals surface area contributed by atoms with Crippen LogP contribution in [-0.2, 0) is 6.42 Å². The second kappa shape index (κ2) is 6.33. The molecule has 1 aliphatic carbocycles. The highest BCUT2D eigenvalue weighted by Crippen LogP contribution is 2.47. The fourth-order valence-electron chi connectivity index (χ4n) is 4.16. The molecule has 2 aromatic rings. The van der Waals surface area contributed by atoms with E-state index >= 15 is 0 Å². The normalized spacial score (nSPS) is 19.5. The van der Waals surface area contributed by atoms with Gasteiger partial charge in [0.2, 0.25) is 0 Å². The smallest absolute Gasteiger partial charge is 0.164 e. The van der Waals surface area contributed by atoms with Crippen molar-refractivity contribution in [1.82, 2.24) is 5.32 Å². The van der Waals surface area contributed by atoms with E-state index in [-0.39, 0.29) is 0 Å². The molecule has 0 spiro atoms. The second-order valence-electron chi connectivity index (χ2n) is 6.43. The van der Waals surface area contributed by atoms with Gasteiger partial charge < -0.3 is 14.8 Å². The summed E-state index contributed by atoms with van der Waals surface area (Å²) in [4.78, 5) is 0. The van der Waals surface area contributed by atoms with Crippen molar-refractivity contribution in [3.8, 4) is 11.5 Å². The third-order valence-electron chi connectivity index (χ3n) is 5.26. The predicted molar refractivity (Wildman–Crippen MR) is 96.8 cm³/mol.